The van der Waals surface area contributed by atoms with Gasteiger partial charge in [-0.05, 0) is 49.4 Å². The van der Waals surface area contributed by atoms with Gasteiger partial charge in [-0.15, -0.1) is 0 Å². The number of benzene rings is 1. The molecular weight excluding hydrogens is 210 g/mol. The van der Waals surface area contributed by atoms with Gasteiger partial charge in [0.1, 0.15) is 5.75 Å². The van der Waals surface area contributed by atoms with Crippen LogP contribution in [0.2, 0.25) is 0 Å². The summed E-state index contributed by atoms with van der Waals surface area (Å²) in [4.78, 5) is 0. The van der Waals surface area contributed by atoms with Crippen LogP contribution in [0.3, 0.4) is 0 Å². The molecule has 1 aliphatic rings. The van der Waals surface area contributed by atoms with Crippen LogP contribution in [0.5, 0.6) is 5.75 Å². The van der Waals surface area contributed by atoms with Crippen molar-refractivity contribution in [1.29, 1.82) is 0 Å². The second kappa shape index (κ2) is 3.95. The summed E-state index contributed by atoms with van der Waals surface area (Å²) in [5.41, 5.74) is 5.27. The van der Waals surface area contributed by atoms with E-state index < -0.39 is 0 Å². The van der Waals surface area contributed by atoms with E-state index in [0.29, 0.717) is 5.75 Å². The first kappa shape index (κ1) is 10.5. The van der Waals surface area contributed by atoms with Crippen LogP contribution >= 0.6 is 0 Å². The highest BCUT2D eigenvalue weighted by Gasteiger charge is 2.16. The SMILES string of the molecule is Cn1c(-c2cccc(O)c2)cc2c1CCCC2. The highest BCUT2D eigenvalue weighted by atomic mass is 16.3. The quantitative estimate of drug-likeness (QED) is 0.794. The Kier molecular flexibility index (Phi) is 2.43. The lowest BCUT2D eigenvalue weighted by atomic mass is 9.98. The van der Waals surface area contributed by atoms with Crippen LogP contribution < -0.4 is 0 Å². The van der Waals surface area contributed by atoms with Crippen molar-refractivity contribution in [3.8, 4) is 17.0 Å². The molecule has 88 valence electrons. The summed E-state index contributed by atoms with van der Waals surface area (Å²) in [6.07, 6.45) is 4.98. The van der Waals surface area contributed by atoms with Crippen molar-refractivity contribution in [2.24, 2.45) is 7.05 Å². The molecule has 2 heteroatoms. The minimum Gasteiger partial charge on any atom is -0.508 e. The Morgan fingerprint density at radius 2 is 1.94 bits per heavy atom. The fraction of sp³-hybridized carbons (Fsp3) is 0.333. The summed E-state index contributed by atoms with van der Waals surface area (Å²) >= 11 is 0. The first-order chi connectivity index (χ1) is 8.25. The topological polar surface area (TPSA) is 25.2 Å². The monoisotopic (exact) mass is 227 g/mol. The highest BCUT2D eigenvalue weighted by Crippen LogP contribution is 2.31. The number of phenols is 1. The van der Waals surface area contributed by atoms with E-state index >= 15 is 0 Å². The zero-order valence-electron chi connectivity index (χ0n) is 10.1. The molecule has 0 bridgehead atoms. The third-order valence-electron chi connectivity index (χ3n) is 3.70. The molecule has 0 unspecified atom stereocenters. The summed E-state index contributed by atoms with van der Waals surface area (Å²) in [6.45, 7) is 0. The molecule has 1 heterocycles. The van der Waals surface area contributed by atoms with Crippen LogP contribution in [0.25, 0.3) is 11.3 Å². The normalized spacial score (nSPS) is 14.6. The number of aryl methyl sites for hydroxylation is 1. The Morgan fingerprint density at radius 1 is 1.12 bits per heavy atom. The third kappa shape index (κ3) is 1.74. The molecule has 1 N–H and O–H groups in total. The number of fused-ring (bicyclic) bond motifs is 1. The number of hydrogen-bond donors (Lipinski definition) is 1. The number of phenolic OH excluding ortho intramolecular Hbond substituents is 1. The van der Waals surface area contributed by atoms with Gasteiger partial charge >= 0.3 is 0 Å². The van der Waals surface area contributed by atoms with Gasteiger partial charge in [0.15, 0.2) is 0 Å². The molecule has 3 rings (SSSR count). The Morgan fingerprint density at radius 3 is 2.71 bits per heavy atom. The number of hydrogen-bond acceptors (Lipinski definition) is 1. The fourth-order valence-electron chi connectivity index (χ4n) is 2.80. The maximum atomic E-state index is 9.56. The Hall–Kier alpha value is -1.70. The molecule has 1 aliphatic carbocycles. The van der Waals surface area contributed by atoms with Gasteiger partial charge in [-0.3, -0.25) is 0 Å². The first-order valence-electron chi connectivity index (χ1n) is 6.22. The molecule has 0 saturated heterocycles. The van der Waals surface area contributed by atoms with Crippen molar-refractivity contribution in [1.82, 2.24) is 4.57 Å². The largest absolute Gasteiger partial charge is 0.508 e. The molecule has 1 aromatic heterocycles. The zero-order chi connectivity index (χ0) is 11.8. The third-order valence-corrected chi connectivity index (χ3v) is 3.70. The summed E-state index contributed by atoms with van der Waals surface area (Å²) in [5, 5.41) is 9.56. The van der Waals surface area contributed by atoms with Crippen LogP contribution in [0.15, 0.2) is 30.3 Å². The van der Waals surface area contributed by atoms with Gasteiger partial charge in [-0.1, -0.05) is 12.1 Å². The zero-order valence-corrected chi connectivity index (χ0v) is 10.1. The molecule has 1 aromatic carbocycles. The van der Waals surface area contributed by atoms with Gasteiger partial charge in [0.2, 0.25) is 0 Å². The highest BCUT2D eigenvalue weighted by molar-refractivity contribution is 5.64. The van der Waals surface area contributed by atoms with E-state index in [1.807, 2.05) is 12.1 Å². The number of aromatic nitrogens is 1. The molecular formula is C15H17NO. The van der Waals surface area contributed by atoms with E-state index in [1.54, 1.807) is 6.07 Å². The molecule has 17 heavy (non-hydrogen) atoms. The second-order valence-corrected chi connectivity index (χ2v) is 4.82. The standard InChI is InChI=1S/C15H17NO/c1-16-14-8-3-2-5-12(14)10-15(16)11-6-4-7-13(17)9-11/h4,6-7,9-10,17H,2-3,5,8H2,1H3. The van der Waals surface area contributed by atoms with Crippen LogP contribution in [-0.2, 0) is 19.9 Å². The summed E-state index contributed by atoms with van der Waals surface area (Å²) in [6, 6.07) is 9.79. The molecule has 0 fully saturated rings. The van der Waals surface area contributed by atoms with Gasteiger partial charge in [0, 0.05) is 24.0 Å². The predicted molar refractivity (Wildman–Crippen MR) is 69.2 cm³/mol. The molecule has 0 saturated carbocycles. The summed E-state index contributed by atoms with van der Waals surface area (Å²) in [5.74, 6) is 0.335. The fourth-order valence-corrected chi connectivity index (χ4v) is 2.80. The number of nitrogens with zero attached hydrogens (tertiary/aromatic N) is 1. The second-order valence-electron chi connectivity index (χ2n) is 4.82. The van der Waals surface area contributed by atoms with Gasteiger partial charge < -0.3 is 9.67 Å². The number of aromatic hydroxyl groups is 1. The van der Waals surface area contributed by atoms with Crippen molar-refractivity contribution in [3.05, 3.63) is 41.6 Å². The van der Waals surface area contributed by atoms with E-state index in [-0.39, 0.29) is 0 Å². The van der Waals surface area contributed by atoms with Crippen molar-refractivity contribution in [2.75, 3.05) is 0 Å². The minimum absolute atomic E-state index is 0.335. The van der Waals surface area contributed by atoms with E-state index in [0.717, 1.165) is 5.56 Å². The molecule has 0 radical (unpaired) electrons. The maximum Gasteiger partial charge on any atom is 0.116 e. The average molecular weight is 227 g/mol. The summed E-state index contributed by atoms with van der Waals surface area (Å²) < 4.78 is 2.28. The van der Waals surface area contributed by atoms with Crippen LogP contribution in [-0.4, -0.2) is 9.67 Å². The molecule has 0 amide bonds. The molecule has 2 aromatic rings. The lowest BCUT2D eigenvalue weighted by Gasteiger charge is -2.13. The van der Waals surface area contributed by atoms with E-state index in [9.17, 15) is 5.11 Å². The van der Waals surface area contributed by atoms with E-state index in [2.05, 4.69) is 23.7 Å². The molecule has 2 nitrogen and oxygen atoms in total. The summed E-state index contributed by atoms with van der Waals surface area (Å²) in [7, 11) is 2.13. The number of rotatable bonds is 1. The van der Waals surface area contributed by atoms with Gasteiger partial charge in [0.05, 0.1) is 0 Å². The Bertz CT molecular complexity index is 554. The lowest BCUT2D eigenvalue weighted by molar-refractivity contribution is 0.475. The van der Waals surface area contributed by atoms with Gasteiger partial charge in [0.25, 0.3) is 0 Å². The van der Waals surface area contributed by atoms with Crippen LogP contribution in [0.4, 0.5) is 0 Å². The van der Waals surface area contributed by atoms with Crippen molar-refractivity contribution < 1.29 is 5.11 Å². The van der Waals surface area contributed by atoms with Crippen molar-refractivity contribution in [3.63, 3.8) is 0 Å². The van der Waals surface area contributed by atoms with Crippen molar-refractivity contribution >= 4 is 0 Å². The van der Waals surface area contributed by atoms with Crippen LogP contribution in [0.1, 0.15) is 24.1 Å². The molecule has 0 spiro atoms. The minimum atomic E-state index is 0.335. The average Bonchev–Trinajstić information content (AvgIpc) is 2.68. The van der Waals surface area contributed by atoms with E-state index in [4.69, 9.17) is 0 Å². The lowest BCUT2D eigenvalue weighted by Crippen LogP contribution is -2.05. The Balaban J connectivity index is 2.12. The molecule has 0 atom stereocenters. The van der Waals surface area contributed by atoms with Gasteiger partial charge in [-0.2, -0.15) is 0 Å². The molecule has 0 aliphatic heterocycles. The smallest absolute Gasteiger partial charge is 0.116 e. The first-order valence-corrected chi connectivity index (χ1v) is 6.22. The van der Waals surface area contributed by atoms with Crippen LogP contribution in [0, 0.1) is 0 Å². The maximum absolute atomic E-state index is 9.56. The predicted octanol–water partition coefficient (Wildman–Crippen LogP) is 3.28. The van der Waals surface area contributed by atoms with Gasteiger partial charge in [-0.25, -0.2) is 0 Å². The Labute approximate surface area is 102 Å². The van der Waals surface area contributed by atoms with Crippen molar-refractivity contribution in [2.45, 2.75) is 25.7 Å². The van der Waals surface area contributed by atoms with E-state index in [1.165, 1.54) is 42.6 Å².